The van der Waals surface area contributed by atoms with Gasteiger partial charge in [0.05, 0.1) is 28.5 Å². The Labute approximate surface area is 175 Å². The Kier molecular flexibility index (Phi) is 4.63. The molecule has 0 radical (unpaired) electrons. The SMILES string of the molecule is Cc1cncc(C2CCC(Cl)(c3ccc4c(c3)CNCc3nncn3-4)CC2C)n1. The second-order valence-electron chi connectivity index (χ2n) is 8.44. The molecule has 1 aliphatic carbocycles. The lowest BCUT2D eigenvalue weighted by Crippen LogP contribution is -2.31. The molecule has 3 atom stereocenters. The number of benzene rings is 1. The first kappa shape index (κ1) is 18.7. The van der Waals surface area contributed by atoms with E-state index in [0.717, 1.165) is 48.7 Å². The van der Waals surface area contributed by atoms with E-state index < -0.39 is 0 Å². The number of nitrogens with zero attached hydrogens (tertiary/aromatic N) is 5. The van der Waals surface area contributed by atoms with Crippen LogP contribution in [0.5, 0.6) is 0 Å². The fourth-order valence-electron chi connectivity index (χ4n) is 4.92. The normalized spacial score (nSPS) is 26.4. The number of fused-ring (bicyclic) bond motifs is 3. The number of hydrogen-bond acceptors (Lipinski definition) is 5. The first-order chi connectivity index (χ1) is 14.0. The number of aryl methyl sites for hydroxylation is 1. The van der Waals surface area contributed by atoms with Gasteiger partial charge in [-0.15, -0.1) is 21.8 Å². The van der Waals surface area contributed by atoms with Crippen molar-refractivity contribution in [3.63, 3.8) is 0 Å². The molecule has 5 rings (SSSR count). The molecule has 7 heteroatoms. The van der Waals surface area contributed by atoms with Gasteiger partial charge in [0.1, 0.15) is 6.33 Å². The Bertz CT molecular complexity index is 1050. The summed E-state index contributed by atoms with van der Waals surface area (Å²) in [5.41, 5.74) is 5.65. The Morgan fingerprint density at radius 1 is 1.24 bits per heavy atom. The molecule has 0 amide bonds. The summed E-state index contributed by atoms with van der Waals surface area (Å²) in [5.74, 6) is 1.79. The molecule has 3 aromatic rings. The van der Waals surface area contributed by atoms with Gasteiger partial charge in [-0.3, -0.25) is 14.5 Å². The monoisotopic (exact) mass is 408 g/mol. The fourth-order valence-corrected chi connectivity index (χ4v) is 5.39. The van der Waals surface area contributed by atoms with Crippen LogP contribution in [0, 0.1) is 12.8 Å². The quantitative estimate of drug-likeness (QED) is 0.649. The Balaban J connectivity index is 1.43. The molecular formula is C22H25ClN6. The minimum atomic E-state index is -0.343. The third kappa shape index (κ3) is 3.34. The second kappa shape index (κ2) is 7.18. The third-order valence-electron chi connectivity index (χ3n) is 6.41. The zero-order valence-corrected chi connectivity index (χ0v) is 17.5. The zero-order chi connectivity index (χ0) is 20.0. The molecule has 1 N–H and O–H groups in total. The molecule has 1 saturated carbocycles. The molecule has 2 aliphatic rings. The third-order valence-corrected chi connectivity index (χ3v) is 6.97. The van der Waals surface area contributed by atoms with E-state index in [9.17, 15) is 0 Å². The number of hydrogen-bond donors (Lipinski definition) is 1. The molecule has 1 aromatic carbocycles. The van der Waals surface area contributed by atoms with Crippen molar-refractivity contribution in [3.05, 3.63) is 65.3 Å². The first-order valence-electron chi connectivity index (χ1n) is 10.2. The highest BCUT2D eigenvalue weighted by Crippen LogP contribution is 2.50. The Hall–Kier alpha value is -2.31. The number of aromatic nitrogens is 5. The van der Waals surface area contributed by atoms with Crippen molar-refractivity contribution in [1.82, 2.24) is 30.0 Å². The van der Waals surface area contributed by atoms with Gasteiger partial charge in [-0.25, -0.2) is 0 Å². The van der Waals surface area contributed by atoms with E-state index in [-0.39, 0.29) is 4.87 Å². The number of alkyl halides is 1. The molecule has 0 spiro atoms. The molecule has 29 heavy (non-hydrogen) atoms. The summed E-state index contributed by atoms with van der Waals surface area (Å²) < 4.78 is 2.07. The van der Waals surface area contributed by atoms with E-state index in [2.05, 4.69) is 50.2 Å². The van der Waals surface area contributed by atoms with E-state index in [1.807, 2.05) is 19.3 Å². The molecule has 0 saturated heterocycles. The van der Waals surface area contributed by atoms with Crippen molar-refractivity contribution in [2.45, 2.75) is 57.0 Å². The smallest absolute Gasteiger partial charge is 0.151 e. The van der Waals surface area contributed by atoms with Crippen LogP contribution in [-0.2, 0) is 18.0 Å². The lowest BCUT2D eigenvalue weighted by atomic mass is 9.71. The summed E-state index contributed by atoms with van der Waals surface area (Å²) in [7, 11) is 0. The minimum Gasteiger partial charge on any atom is -0.306 e. The predicted octanol–water partition coefficient (Wildman–Crippen LogP) is 4.01. The lowest BCUT2D eigenvalue weighted by Gasteiger charge is -2.40. The Morgan fingerprint density at radius 2 is 2.14 bits per heavy atom. The van der Waals surface area contributed by atoms with Crippen LogP contribution in [0.25, 0.3) is 5.69 Å². The van der Waals surface area contributed by atoms with Gasteiger partial charge in [-0.2, -0.15) is 0 Å². The van der Waals surface area contributed by atoms with Gasteiger partial charge >= 0.3 is 0 Å². The van der Waals surface area contributed by atoms with Crippen molar-refractivity contribution >= 4 is 11.6 Å². The summed E-state index contributed by atoms with van der Waals surface area (Å²) in [5, 5.41) is 11.7. The number of halogens is 1. The topological polar surface area (TPSA) is 68.5 Å². The molecule has 3 unspecified atom stereocenters. The van der Waals surface area contributed by atoms with E-state index in [4.69, 9.17) is 16.6 Å². The van der Waals surface area contributed by atoms with Gasteiger partial charge < -0.3 is 5.32 Å². The molecule has 1 aliphatic heterocycles. The van der Waals surface area contributed by atoms with Crippen LogP contribution < -0.4 is 5.32 Å². The van der Waals surface area contributed by atoms with Crippen molar-refractivity contribution in [2.75, 3.05) is 0 Å². The first-order valence-corrected chi connectivity index (χ1v) is 10.6. The molecular weight excluding hydrogens is 384 g/mol. The highest BCUT2D eigenvalue weighted by atomic mass is 35.5. The van der Waals surface area contributed by atoms with Crippen LogP contribution in [0.1, 0.15) is 60.4 Å². The molecule has 6 nitrogen and oxygen atoms in total. The predicted molar refractivity (Wildman–Crippen MR) is 112 cm³/mol. The Morgan fingerprint density at radius 3 is 2.97 bits per heavy atom. The molecule has 1 fully saturated rings. The van der Waals surface area contributed by atoms with Crippen LogP contribution in [0.15, 0.2) is 36.9 Å². The van der Waals surface area contributed by atoms with Gasteiger partial charge in [0, 0.05) is 24.9 Å². The second-order valence-corrected chi connectivity index (χ2v) is 9.16. The summed E-state index contributed by atoms with van der Waals surface area (Å²) in [6, 6.07) is 6.61. The largest absolute Gasteiger partial charge is 0.306 e. The standard InChI is InChI=1S/C22H25ClN6/c1-14-8-22(23,6-5-18(14)19-11-24-9-15(2)27-19)17-3-4-20-16(7-17)10-25-12-21-28-26-13-29(20)21/h3-4,7,9,11,13-14,18,25H,5-6,8,10,12H2,1-2H3. The van der Waals surface area contributed by atoms with Gasteiger partial charge in [-0.1, -0.05) is 19.1 Å². The van der Waals surface area contributed by atoms with Crippen LogP contribution >= 0.6 is 11.6 Å². The van der Waals surface area contributed by atoms with Gasteiger partial charge in [0.15, 0.2) is 5.82 Å². The van der Waals surface area contributed by atoms with Gasteiger partial charge in [-0.05, 0) is 49.3 Å². The number of nitrogens with one attached hydrogen (secondary N) is 1. The highest BCUT2D eigenvalue weighted by Gasteiger charge is 2.40. The summed E-state index contributed by atoms with van der Waals surface area (Å²) in [6.07, 6.45) is 8.40. The van der Waals surface area contributed by atoms with E-state index in [0.29, 0.717) is 18.4 Å². The maximum atomic E-state index is 7.25. The van der Waals surface area contributed by atoms with Crippen molar-refractivity contribution in [1.29, 1.82) is 0 Å². The lowest BCUT2D eigenvalue weighted by molar-refractivity contribution is 0.266. The fraction of sp³-hybridized carbons (Fsp3) is 0.455. The summed E-state index contributed by atoms with van der Waals surface area (Å²) >= 11 is 7.25. The molecule has 2 aromatic heterocycles. The van der Waals surface area contributed by atoms with Gasteiger partial charge in [0.2, 0.25) is 0 Å². The average Bonchev–Trinajstić information content (AvgIpc) is 3.09. The average molecular weight is 409 g/mol. The van der Waals surface area contributed by atoms with Crippen LogP contribution in [-0.4, -0.2) is 24.7 Å². The van der Waals surface area contributed by atoms with E-state index >= 15 is 0 Å². The molecule has 150 valence electrons. The maximum absolute atomic E-state index is 7.25. The maximum Gasteiger partial charge on any atom is 0.151 e. The summed E-state index contributed by atoms with van der Waals surface area (Å²) in [6.45, 7) is 5.81. The van der Waals surface area contributed by atoms with Crippen LogP contribution in [0.2, 0.25) is 0 Å². The van der Waals surface area contributed by atoms with Crippen molar-refractivity contribution in [3.8, 4) is 5.69 Å². The molecule has 0 bridgehead atoms. The zero-order valence-electron chi connectivity index (χ0n) is 16.8. The van der Waals surface area contributed by atoms with Crippen LogP contribution in [0.4, 0.5) is 0 Å². The van der Waals surface area contributed by atoms with Crippen LogP contribution in [0.3, 0.4) is 0 Å². The van der Waals surface area contributed by atoms with Gasteiger partial charge in [0.25, 0.3) is 0 Å². The highest BCUT2D eigenvalue weighted by molar-refractivity contribution is 6.24. The summed E-state index contributed by atoms with van der Waals surface area (Å²) in [4.78, 5) is 8.73. The number of rotatable bonds is 2. The van der Waals surface area contributed by atoms with Crippen molar-refractivity contribution < 1.29 is 0 Å². The van der Waals surface area contributed by atoms with E-state index in [1.54, 1.807) is 6.33 Å². The minimum absolute atomic E-state index is 0.343. The van der Waals surface area contributed by atoms with Crippen molar-refractivity contribution in [2.24, 2.45) is 5.92 Å². The molecule has 3 heterocycles. The van der Waals surface area contributed by atoms with E-state index in [1.165, 1.54) is 11.1 Å².